The van der Waals surface area contributed by atoms with Crippen LogP contribution < -0.4 is 4.74 Å². The molecule has 7 aromatic rings. The van der Waals surface area contributed by atoms with Crippen molar-refractivity contribution >= 4 is 21.8 Å². The van der Waals surface area contributed by atoms with Crippen LogP contribution in [0.2, 0.25) is 0 Å². The van der Waals surface area contributed by atoms with E-state index in [0.29, 0.717) is 0 Å². The van der Waals surface area contributed by atoms with Gasteiger partial charge in [0.05, 0.1) is 28.1 Å². The third-order valence-corrected chi connectivity index (χ3v) is 8.72. The molecule has 0 saturated heterocycles. The van der Waals surface area contributed by atoms with E-state index >= 15 is 0 Å². The van der Waals surface area contributed by atoms with E-state index in [9.17, 15) is 0 Å². The lowest BCUT2D eigenvalue weighted by atomic mass is 9.91. The van der Waals surface area contributed by atoms with E-state index in [4.69, 9.17) is 14.8 Å². The number of hydrogen-bond donors (Lipinski definition) is 0. The number of rotatable bonds is 7. The van der Waals surface area contributed by atoms with Crippen molar-refractivity contribution in [3.05, 3.63) is 131 Å². The largest absolute Gasteiger partial charge is 0.457 e. The van der Waals surface area contributed by atoms with Crippen LogP contribution in [0.5, 0.6) is 11.5 Å². The fraction of sp³-hybridized carbons (Fsp3) is 0.200. The van der Waals surface area contributed by atoms with E-state index in [0.717, 1.165) is 52.6 Å². The topological polar surface area (TPSA) is 44.9 Å². The Hall–Kier alpha value is -5.16. The number of ether oxygens (including phenoxy) is 1. The van der Waals surface area contributed by atoms with E-state index in [1.165, 1.54) is 49.8 Å². The summed E-state index contributed by atoms with van der Waals surface area (Å²) in [5.41, 5.74) is 13.1. The number of hydrogen-bond acceptors (Lipinski definition) is 3. The highest BCUT2D eigenvalue weighted by Crippen LogP contribution is 2.38. The van der Waals surface area contributed by atoms with Crippen LogP contribution in [-0.2, 0) is 12.8 Å². The van der Waals surface area contributed by atoms with Gasteiger partial charge in [-0.2, -0.15) is 5.10 Å². The Morgan fingerprint density at radius 2 is 1.40 bits per heavy atom. The van der Waals surface area contributed by atoms with Crippen molar-refractivity contribution in [3.8, 4) is 34.1 Å². The molecule has 7 rings (SSSR count). The van der Waals surface area contributed by atoms with Crippen LogP contribution in [0, 0.1) is 27.7 Å². The monoisotopic (exact) mass is 590 g/mol. The standard InChI is InChI=1S/C40H38N4O/c1-7-34-40(39-27(5)20-26(4)21-28(39)6)35(8-2)44(42-34)29-12-11-13-30(23-29)45-31-16-17-33-32-14-9-10-15-36(32)43(37(33)24-31)38-22-25(3)18-19-41-38/h9-24H,7-8H2,1-6H3. The molecular formula is C40H38N4O. The smallest absolute Gasteiger partial charge is 0.137 e. The number of aromatic nitrogens is 4. The molecule has 0 amide bonds. The van der Waals surface area contributed by atoms with Gasteiger partial charge in [0, 0.05) is 34.7 Å². The summed E-state index contributed by atoms with van der Waals surface area (Å²) < 4.78 is 10.9. The zero-order valence-corrected chi connectivity index (χ0v) is 26.8. The molecule has 3 aromatic heterocycles. The van der Waals surface area contributed by atoms with Gasteiger partial charge in [0.15, 0.2) is 0 Å². The van der Waals surface area contributed by atoms with Crippen molar-refractivity contribution in [2.24, 2.45) is 0 Å². The highest BCUT2D eigenvalue weighted by Gasteiger charge is 2.22. The number of fused-ring (bicyclic) bond motifs is 3. The van der Waals surface area contributed by atoms with Crippen LogP contribution in [0.25, 0.3) is 44.4 Å². The highest BCUT2D eigenvalue weighted by atomic mass is 16.5. The summed E-state index contributed by atoms with van der Waals surface area (Å²) in [6.07, 6.45) is 3.60. The Balaban J connectivity index is 1.31. The third-order valence-electron chi connectivity index (χ3n) is 8.72. The van der Waals surface area contributed by atoms with Crippen molar-refractivity contribution in [2.75, 3.05) is 0 Å². The second kappa shape index (κ2) is 11.4. The Bertz CT molecular complexity index is 2200. The van der Waals surface area contributed by atoms with E-state index < -0.39 is 0 Å². The molecule has 4 aromatic carbocycles. The van der Waals surface area contributed by atoms with Gasteiger partial charge in [0.2, 0.25) is 0 Å². The van der Waals surface area contributed by atoms with E-state index in [1.54, 1.807) is 0 Å². The molecule has 0 bridgehead atoms. The molecule has 45 heavy (non-hydrogen) atoms. The first-order valence-corrected chi connectivity index (χ1v) is 15.8. The van der Waals surface area contributed by atoms with Crippen LogP contribution in [0.4, 0.5) is 0 Å². The lowest BCUT2D eigenvalue weighted by Crippen LogP contribution is -2.03. The normalized spacial score (nSPS) is 11.5. The molecule has 224 valence electrons. The predicted molar refractivity (Wildman–Crippen MR) is 185 cm³/mol. The summed E-state index contributed by atoms with van der Waals surface area (Å²) in [4.78, 5) is 4.72. The van der Waals surface area contributed by atoms with Crippen LogP contribution in [0.15, 0.2) is 97.2 Å². The first kappa shape index (κ1) is 28.6. The zero-order valence-electron chi connectivity index (χ0n) is 26.8. The third kappa shape index (κ3) is 4.98. The minimum absolute atomic E-state index is 0.767. The molecule has 0 aliphatic carbocycles. The molecule has 0 atom stereocenters. The van der Waals surface area contributed by atoms with Crippen molar-refractivity contribution in [1.82, 2.24) is 19.3 Å². The summed E-state index contributed by atoms with van der Waals surface area (Å²) in [5.74, 6) is 2.43. The molecule has 5 heteroatoms. The number of benzene rings is 4. The summed E-state index contributed by atoms with van der Waals surface area (Å²) in [6.45, 7) is 13.1. The summed E-state index contributed by atoms with van der Waals surface area (Å²) >= 11 is 0. The minimum atomic E-state index is 0.767. The molecule has 0 aliphatic rings. The average Bonchev–Trinajstić information content (AvgIpc) is 3.56. The van der Waals surface area contributed by atoms with Crippen LogP contribution >= 0.6 is 0 Å². The molecule has 5 nitrogen and oxygen atoms in total. The summed E-state index contributed by atoms with van der Waals surface area (Å²) in [7, 11) is 0. The summed E-state index contributed by atoms with van der Waals surface area (Å²) in [6, 6.07) is 31.8. The Morgan fingerprint density at radius 1 is 0.644 bits per heavy atom. The Morgan fingerprint density at radius 3 is 2.16 bits per heavy atom. The molecule has 3 heterocycles. The van der Waals surface area contributed by atoms with Gasteiger partial charge < -0.3 is 4.74 Å². The van der Waals surface area contributed by atoms with Crippen molar-refractivity contribution in [3.63, 3.8) is 0 Å². The van der Waals surface area contributed by atoms with Gasteiger partial charge >= 0.3 is 0 Å². The van der Waals surface area contributed by atoms with Crippen LogP contribution in [0.3, 0.4) is 0 Å². The second-order valence-electron chi connectivity index (χ2n) is 12.0. The van der Waals surface area contributed by atoms with Crippen LogP contribution in [-0.4, -0.2) is 19.3 Å². The Kier molecular flexibility index (Phi) is 7.25. The molecule has 0 fully saturated rings. The first-order chi connectivity index (χ1) is 21.9. The van der Waals surface area contributed by atoms with Crippen LogP contribution in [0.1, 0.15) is 47.5 Å². The van der Waals surface area contributed by atoms with Gasteiger partial charge in [-0.25, -0.2) is 9.67 Å². The SMILES string of the molecule is CCc1nn(-c2cccc(Oc3ccc4c5ccccc5n(-c5cc(C)ccn5)c4c3)c2)c(CC)c1-c1c(C)cc(C)cc1C. The maximum absolute atomic E-state index is 6.56. The summed E-state index contributed by atoms with van der Waals surface area (Å²) in [5, 5.41) is 7.53. The molecule has 0 aliphatic heterocycles. The molecule has 0 N–H and O–H groups in total. The lowest BCUT2D eigenvalue weighted by molar-refractivity contribution is 0.482. The van der Waals surface area contributed by atoms with Crippen molar-refractivity contribution in [1.29, 1.82) is 0 Å². The van der Waals surface area contributed by atoms with E-state index in [1.807, 2.05) is 24.4 Å². The van der Waals surface area contributed by atoms with Gasteiger partial charge in [0.1, 0.15) is 17.3 Å². The number of para-hydroxylation sites is 1. The zero-order chi connectivity index (χ0) is 31.2. The molecule has 0 unspecified atom stereocenters. The fourth-order valence-electron chi connectivity index (χ4n) is 6.87. The first-order valence-electron chi connectivity index (χ1n) is 15.8. The molecule has 0 radical (unpaired) electrons. The van der Waals surface area contributed by atoms with E-state index in [2.05, 4.69) is 124 Å². The predicted octanol–water partition coefficient (Wildman–Crippen LogP) is 10.2. The van der Waals surface area contributed by atoms with Crippen molar-refractivity contribution in [2.45, 2.75) is 54.4 Å². The van der Waals surface area contributed by atoms with Crippen molar-refractivity contribution < 1.29 is 4.74 Å². The van der Waals surface area contributed by atoms with Gasteiger partial charge in [-0.15, -0.1) is 0 Å². The molecular weight excluding hydrogens is 552 g/mol. The van der Waals surface area contributed by atoms with Gasteiger partial charge in [0.25, 0.3) is 0 Å². The maximum Gasteiger partial charge on any atom is 0.137 e. The maximum atomic E-state index is 6.56. The van der Waals surface area contributed by atoms with E-state index in [-0.39, 0.29) is 0 Å². The minimum Gasteiger partial charge on any atom is -0.457 e. The average molecular weight is 591 g/mol. The lowest BCUT2D eigenvalue weighted by Gasteiger charge is -2.14. The van der Waals surface area contributed by atoms with Gasteiger partial charge in [-0.05, 0) is 105 Å². The Labute approximate surface area is 264 Å². The second-order valence-corrected chi connectivity index (χ2v) is 12.0. The van der Waals surface area contributed by atoms with Gasteiger partial charge in [-0.1, -0.05) is 55.8 Å². The highest BCUT2D eigenvalue weighted by molar-refractivity contribution is 6.09. The fourth-order valence-corrected chi connectivity index (χ4v) is 6.87. The number of nitrogens with zero attached hydrogens (tertiary/aromatic N) is 4. The molecule has 0 spiro atoms. The number of aryl methyl sites for hydroxylation is 5. The quantitative estimate of drug-likeness (QED) is 0.186. The molecule has 0 saturated carbocycles. The van der Waals surface area contributed by atoms with Gasteiger partial charge in [-0.3, -0.25) is 4.57 Å². The number of pyridine rings is 1.